The van der Waals surface area contributed by atoms with E-state index in [9.17, 15) is 0 Å². The van der Waals surface area contributed by atoms with Crippen molar-refractivity contribution in [3.8, 4) is 0 Å². The van der Waals surface area contributed by atoms with Crippen LogP contribution < -0.4 is 10.6 Å². The van der Waals surface area contributed by atoms with Gasteiger partial charge in [-0.3, -0.25) is 4.99 Å². The summed E-state index contributed by atoms with van der Waals surface area (Å²) < 4.78 is 11.5. The Kier molecular flexibility index (Phi) is 8.82. The Morgan fingerprint density at radius 2 is 1.92 bits per heavy atom. The van der Waals surface area contributed by atoms with Crippen LogP contribution in [0.15, 0.2) is 4.99 Å². The first kappa shape index (κ1) is 23.3. The van der Waals surface area contributed by atoms with E-state index in [0.717, 1.165) is 50.7 Å². The molecule has 1 aliphatic heterocycles. The number of hydrogen-bond donors (Lipinski definition) is 2. The molecule has 2 rings (SSSR count). The molecule has 0 amide bonds. The van der Waals surface area contributed by atoms with Crippen LogP contribution in [0.4, 0.5) is 0 Å². The van der Waals surface area contributed by atoms with E-state index in [0.29, 0.717) is 6.04 Å². The summed E-state index contributed by atoms with van der Waals surface area (Å²) in [6.45, 7) is 11.6. The fourth-order valence-corrected chi connectivity index (χ4v) is 4.99. The van der Waals surface area contributed by atoms with Gasteiger partial charge < -0.3 is 20.1 Å². The van der Waals surface area contributed by atoms with E-state index in [4.69, 9.17) is 9.47 Å². The summed E-state index contributed by atoms with van der Waals surface area (Å²) in [6, 6.07) is 0.373. The van der Waals surface area contributed by atoms with Crippen LogP contribution in [-0.2, 0) is 9.47 Å². The lowest BCUT2D eigenvalue weighted by Crippen LogP contribution is -2.69. The summed E-state index contributed by atoms with van der Waals surface area (Å²) in [5.41, 5.74) is 0.0113. The second-order valence-electron chi connectivity index (χ2n) is 7.71. The number of aliphatic imine (C=N–C) groups is 1. The lowest BCUT2D eigenvalue weighted by Gasteiger charge is -2.59. The molecule has 1 saturated carbocycles. The van der Waals surface area contributed by atoms with Gasteiger partial charge in [-0.2, -0.15) is 11.8 Å². The van der Waals surface area contributed by atoms with Crippen LogP contribution in [0.3, 0.4) is 0 Å². The van der Waals surface area contributed by atoms with Crippen LogP contribution in [0, 0.1) is 5.41 Å². The Bertz CT molecular complexity index is 450. The number of hydrogen-bond acceptors (Lipinski definition) is 4. The van der Waals surface area contributed by atoms with Crippen molar-refractivity contribution >= 4 is 41.7 Å². The third kappa shape index (κ3) is 4.96. The second-order valence-corrected chi connectivity index (χ2v) is 9.44. The van der Waals surface area contributed by atoms with E-state index in [2.05, 4.69) is 43.3 Å². The fourth-order valence-electron chi connectivity index (χ4n) is 3.75. The van der Waals surface area contributed by atoms with Gasteiger partial charge in [-0.1, -0.05) is 20.8 Å². The zero-order valence-corrected chi connectivity index (χ0v) is 19.8. The summed E-state index contributed by atoms with van der Waals surface area (Å²) in [5.74, 6) is 2.03. The minimum atomic E-state index is -0.0660. The second kappa shape index (κ2) is 9.46. The lowest BCUT2D eigenvalue weighted by molar-refractivity contribution is -0.176. The largest absolute Gasteiger partial charge is 0.381 e. The molecule has 0 aromatic carbocycles. The highest BCUT2D eigenvalue weighted by Gasteiger charge is 2.58. The Hall–Kier alpha value is 0.270. The summed E-state index contributed by atoms with van der Waals surface area (Å²) in [6.07, 6.45) is 3.21. The van der Waals surface area contributed by atoms with Crippen molar-refractivity contribution in [1.82, 2.24) is 10.6 Å². The van der Waals surface area contributed by atoms with Gasteiger partial charge in [-0.15, -0.1) is 24.0 Å². The van der Waals surface area contributed by atoms with Crippen molar-refractivity contribution in [2.45, 2.75) is 63.3 Å². The minimum absolute atomic E-state index is 0. The molecule has 148 valence electrons. The van der Waals surface area contributed by atoms with Gasteiger partial charge in [-0.25, -0.2) is 0 Å². The van der Waals surface area contributed by atoms with Crippen molar-refractivity contribution in [3.05, 3.63) is 0 Å². The highest BCUT2D eigenvalue weighted by Crippen LogP contribution is 2.51. The molecule has 0 bridgehead atoms. The van der Waals surface area contributed by atoms with Gasteiger partial charge in [0, 0.05) is 50.1 Å². The lowest BCUT2D eigenvalue weighted by atomic mass is 9.56. The summed E-state index contributed by atoms with van der Waals surface area (Å²) in [4.78, 5) is 4.44. The first-order chi connectivity index (χ1) is 11.3. The molecular formula is C18H36IN3O2S. The monoisotopic (exact) mass is 485 g/mol. The van der Waals surface area contributed by atoms with Crippen LogP contribution in [0.25, 0.3) is 0 Å². The maximum Gasteiger partial charge on any atom is 0.191 e. The van der Waals surface area contributed by atoms with Crippen molar-refractivity contribution in [3.63, 3.8) is 0 Å². The van der Waals surface area contributed by atoms with E-state index in [1.54, 1.807) is 0 Å². The van der Waals surface area contributed by atoms with Crippen molar-refractivity contribution in [2.75, 3.05) is 39.7 Å². The molecule has 0 spiro atoms. The molecule has 5 nitrogen and oxygen atoms in total. The van der Waals surface area contributed by atoms with Crippen LogP contribution in [0.1, 0.15) is 47.0 Å². The van der Waals surface area contributed by atoms with E-state index in [1.807, 2.05) is 25.9 Å². The van der Waals surface area contributed by atoms with E-state index in [-0.39, 0.29) is 39.7 Å². The standard InChI is InChI=1S/C18H35N3O2S.HI/c1-7-24-18(8-10-23-11-9-18)13-20-15(19-5)21-14-12-17(4,22-6)16(14,2)3;/h14H,7-13H2,1-6H3,(H2,19,20,21);1H. The molecule has 1 saturated heterocycles. The highest BCUT2D eigenvalue weighted by molar-refractivity contribution is 14.0. The van der Waals surface area contributed by atoms with Gasteiger partial charge in [0.05, 0.1) is 5.60 Å². The first-order valence-electron chi connectivity index (χ1n) is 9.06. The molecule has 2 aliphatic rings. The topological polar surface area (TPSA) is 54.9 Å². The number of nitrogens with zero attached hydrogens (tertiary/aromatic N) is 1. The Morgan fingerprint density at radius 3 is 2.40 bits per heavy atom. The minimum Gasteiger partial charge on any atom is -0.381 e. The maximum atomic E-state index is 5.72. The van der Waals surface area contributed by atoms with Crippen molar-refractivity contribution in [2.24, 2.45) is 10.4 Å². The quantitative estimate of drug-likeness (QED) is 0.344. The van der Waals surface area contributed by atoms with Crippen LogP contribution in [-0.4, -0.2) is 62.0 Å². The number of halogens is 1. The fraction of sp³-hybridized carbons (Fsp3) is 0.944. The number of ether oxygens (including phenoxy) is 2. The van der Waals surface area contributed by atoms with Gasteiger partial charge in [0.1, 0.15) is 0 Å². The molecule has 1 aliphatic carbocycles. The molecule has 2 N–H and O–H groups in total. The van der Waals surface area contributed by atoms with Gasteiger partial charge in [0.25, 0.3) is 0 Å². The van der Waals surface area contributed by atoms with Crippen LogP contribution >= 0.6 is 35.7 Å². The van der Waals surface area contributed by atoms with Gasteiger partial charge >= 0.3 is 0 Å². The first-order valence-corrected chi connectivity index (χ1v) is 10.0. The number of nitrogens with one attached hydrogen (secondary N) is 2. The molecule has 7 heteroatoms. The Morgan fingerprint density at radius 1 is 1.28 bits per heavy atom. The molecule has 2 fully saturated rings. The summed E-state index contributed by atoms with van der Waals surface area (Å²) >= 11 is 2.05. The molecule has 0 aromatic rings. The summed E-state index contributed by atoms with van der Waals surface area (Å²) in [7, 11) is 3.65. The molecule has 0 radical (unpaired) electrons. The average Bonchev–Trinajstić information content (AvgIpc) is 2.58. The number of thioether (sulfide) groups is 1. The maximum absolute atomic E-state index is 5.72. The van der Waals surface area contributed by atoms with Gasteiger partial charge in [-0.05, 0) is 31.9 Å². The van der Waals surface area contributed by atoms with Crippen LogP contribution in [0.2, 0.25) is 0 Å². The van der Waals surface area contributed by atoms with E-state index >= 15 is 0 Å². The van der Waals surface area contributed by atoms with Gasteiger partial charge in [0.15, 0.2) is 5.96 Å². The van der Waals surface area contributed by atoms with Crippen molar-refractivity contribution < 1.29 is 9.47 Å². The Balaban J connectivity index is 0.00000312. The van der Waals surface area contributed by atoms with Crippen LogP contribution in [0.5, 0.6) is 0 Å². The van der Waals surface area contributed by atoms with Gasteiger partial charge in [0.2, 0.25) is 0 Å². The molecule has 1 heterocycles. The SMILES string of the molecule is CCSC1(CNC(=NC)NC2CC(C)(OC)C2(C)C)CCOCC1.I. The average molecular weight is 485 g/mol. The molecular weight excluding hydrogens is 449 g/mol. The summed E-state index contributed by atoms with van der Waals surface area (Å²) in [5, 5.41) is 7.17. The zero-order chi connectivity index (χ0) is 17.8. The van der Waals surface area contributed by atoms with E-state index < -0.39 is 0 Å². The Labute approximate surface area is 174 Å². The highest BCUT2D eigenvalue weighted by atomic mass is 127. The predicted molar refractivity (Wildman–Crippen MR) is 118 cm³/mol. The van der Waals surface area contributed by atoms with Crippen molar-refractivity contribution in [1.29, 1.82) is 0 Å². The number of methoxy groups -OCH3 is 1. The number of rotatable bonds is 6. The third-order valence-corrected chi connectivity index (χ3v) is 7.70. The normalized spacial score (nSPS) is 30.8. The molecule has 2 unspecified atom stereocenters. The molecule has 0 aromatic heterocycles. The smallest absolute Gasteiger partial charge is 0.191 e. The van der Waals surface area contributed by atoms with E-state index in [1.165, 1.54) is 0 Å². The molecule has 25 heavy (non-hydrogen) atoms. The number of guanidine groups is 1. The third-order valence-electron chi connectivity index (χ3n) is 6.25. The predicted octanol–water partition coefficient (Wildman–Crippen LogP) is 3.28. The molecule has 2 atom stereocenters. The zero-order valence-electron chi connectivity index (χ0n) is 16.6.